The molecule has 1 N–H and O–H groups in total. The number of hydrogen-bond donors (Lipinski definition) is 1. The summed E-state index contributed by atoms with van der Waals surface area (Å²) in [7, 11) is -3.24. The lowest BCUT2D eigenvalue weighted by molar-refractivity contribution is 0.597. The molecule has 21 heavy (non-hydrogen) atoms. The Morgan fingerprint density at radius 2 is 1.71 bits per heavy atom. The Hall–Kier alpha value is -1.88. The Morgan fingerprint density at radius 1 is 1.05 bits per heavy atom. The minimum atomic E-state index is -3.24. The molecule has 0 aliphatic heterocycles. The van der Waals surface area contributed by atoms with Crippen LogP contribution >= 0.6 is 0 Å². The third kappa shape index (κ3) is 4.04. The van der Waals surface area contributed by atoms with Gasteiger partial charge in [0.1, 0.15) is 5.82 Å². The number of sulfone groups is 1. The quantitative estimate of drug-likeness (QED) is 0.891. The van der Waals surface area contributed by atoms with Crippen LogP contribution in [-0.4, -0.2) is 20.7 Å². The fraction of sp³-hybridized carbons (Fsp3) is 0.250. The zero-order valence-corrected chi connectivity index (χ0v) is 12.7. The summed E-state index contributed by atoms with van der Waals surface area (Å²) in [5.41, 5.74) is 1.61. The number of rotatable bonds is 6. The van der Waals surface area contributed by atoms with E-state index in [0.717, 1.165) is 5.56 Å². The van der Waals surface area contributed by atoms with Crippen molar-refractivity contribution in [2.75, 3.05) is 17.6 Å². The number of hydrogen-bond acceptors (Lipinski definition) is 3. The van der Waals surface area contributed by atoms with E-state index in [1.54, 1.807) is 43.3 Å². The molecule has 0 amide bonds. The Labute approximate surface area is 124 Å². The van der Waals surface area contributed by atoms with Gasteiger partial charge in [-0.3, -0.25) is 0 Å². The van der Waals surface area contributed by atoms with Crippen molar-refractivity contribution in [1.29, 1.82) is 0 Å². The second-order valence-electron chi connectivity index (χ2n) is 4.70. The van der Waals surface area contributed by atoms with E-state index < -0.39 is 9.84 Å². The lowest BCUT2D eigenvalue weighted by Crippen LogP contribution is -2.11. The first-order valence-corrected chi connectivity index (χ1v) is 8.48. The van der Waals surface area contributed by atoms with E-state index in [2.05, 4.69) is 5.32 Å². The molecule has 0 saturated carbocycles. The molecule has 0 fully saturated rings. The highest BCUT2D eigenvalue weighted by molar-refractivity contribution is 7.91. The number of para-hydroxylation sites is 1. The van der Waals surface area contributed by atoms with Crippen molar-refractivity contribution in [2.45, 2.75) is 18.2 Å². The Morgan fingerprint density at radius 3 is 2.38 bits per heavy atom. The van der Waals surface area contributed by atoms with Crippen molar-refractivity contribution in [3.8, 4) is 0 Å². The molecule has 0 aromatic heterocycles. The van der Waals surface area contributed by atoms with Gasteiger partial charge in [0.25, 0.3) is 0 Å². The van der Waals surface area contributed by atoms with Gasteiger partial charge in [0.15, 0.2) is 9.84 Å². The number of benzene rings is 2. The molecule has 0 spiro atoms. The molecule has 0 radical (unpaired) electrons. The summed E-state index contributed by atoms with van der Waals surface area (Å²) in [4.78, 5) is 0.326. The molecule has 0 unspecified atom stereocenters. The molecule has 0 saturated heterocycles. The first-order chi connectivity index (χ1) is 10.0. The van der Waals surface area contributed by atoms with Crippen molar-refractivity contribution >= 4 is 15.5 Å². The average Bonchev–Trinajstić information content (AvgIpc) is 2.50. The van der Waals surface area contributed by atoms with E-state index in [1.807, 2.05) is 0 Å². The molecular formula is C16H18FNO2S. The normalized spacial score (nSPS) is 11.3. The van der Waals surface area contributed by atoms with Crippen molar-refractivity contribution < 1.29 is 12.8 Å². The van der Waals surface area contributed by atoms with E-state index in [1.165, 1.54) is 12.1 Å². The largest absolute Gasteiger partial charge is 0.384 e. The molecule has 0 bridgehead atoms. The number of halogens is 1. The summed E-state index contributed by atoms with van der Waals surface area (Å²) in [6.07, 6.45) is 0.695. The van der Waals surface area contributed by atoms with E-state index in [-0.39, 0.29) is 11.6 Å². The van der Waals surface area contributed by atoms with Crippen LogP contribution < -0.4 is 5.32 Å². The molecule has 2 aromatic carbocycles. The van der Waals surface area contributed by atoms with E-state index in [9.17, 15) is 12.8 Å². The highest BCUT2D eigenvalue weighted by atomic mass is 32.2. The van der Waals surface area contributed by atoms with Crippen molar-refractivity contribution in [1.82, 2.24) is 0 Å². The Kier molecular flexibility index (Phi) is 4.96. The fourth-order valence-corrected chi connectivity index (χ4v) is 3.10. The van der Waals surface area contributed by atoms with Gasteiger partial charge in [-0.2, -0.15) is 0 Å². The van der Waals surface area contributed by atoms with Crippen molar-refractivity contribution in [3.05, 3.63) is 59.9 Å². The summed E-state index contributed by atoms with van der Waals surface area (Å²) in [5, 5.41) is 3.14. The third-order valence-corrected chi connectivity index (χ3v) is 5.03. The second-order valence-corrected chi connectivity index (χ2v) is 6.95. The number of nitrogens with one attached hydrogen (secondary N) is 1. The predicted octanol–water partition coefficient (Wildman–Crippen LogP) is 3.27. The zero-order valence-electron chi connectivity index (χ0n) is 11.8. The molecular weight excluding hydrogens is 289 g/mol. The van der Waals surface area contributed by atoms with E-state index in [4.69, 9.17) is 0 Å². The van der Waals surface area contributed by atoms with Crippen LogP contribution in [0.1, 0.15) is 12.5 Å². The average molecular weight is 307 g/mol. The third-order valence-electron chi connectivity index (χ3n) is 3.24. The van der Waals surface area contributed by atoms with Crippen LogP contribution in [0, 0.1) is 5.82 Å². The molecule has 0 heterocycles. The summed E-state index contributed by atoms with van der Waals surface area (Å²) in [6, 6.07) is 13.2. The maximum Gasteiger partial charge on any atom is 0.180 e. The zero-order chi connectivity index (χ0) is 15.3. The summed E-state index contributed by atoms with van der Waals surface area (Å²) >= 11 is 0. The maximum atomic E-state index is 12.8. The van der Waals surface area contributed by atoms with Gasteiger partial charge < -0.3 is 5.32 Å². The first kappa shape index (κ1) is 15.5. The molecule has 2 rings (SSSR count). The van der Waals surface area contributed by atoms with E-state index >= 15 is 0 Å². The van der Waals surface area contributed by atoms with Crippen LogP contribution in [0.2, 0.25) is 0 Å². The number of anilines is 1. The van der Waals surface area contributed by atoms with Gasteiger partial charge in [-0.15, -0.1) is 0 Å². The highest BCUT2D eigenvalue weighted by Crippen LogP contribution is 2.21. The molecule has 5 heteroatoms. The molecule has 2 aromatic rings. The van der Waals surface area contributed by atoms with Gasteiger partial charge in [0, 0.05) is 6.54 Å². The smallest absolute Gasteiger partial charge is 0.180 e. The Balaban J connectivity index is 2.05. The fourth-order valence-electron chi connectivity index (χ4n) is 2.03. The molecule has 0 aliphatic carbocycles. The minimum absolute atomic E-state index is 0.0731. The highest BCUT2D eigenvalue weighted by Gasteiger charge is 2.15. The van der Waals surface area contributed by atoms with Crippen molar-refractivity contribution in [3.63, 3.8) is 0 Å². The molecule has 112 valence electrons. The van der Waals surface area contributed by atoms with Crippen LogP contribution in [-0.2, 0) is 16.3 Å². The maximum absolute atomic E-state index is 12.8. The summed E-state index contributed by atoms with van der Waals surface area (Å²) in [5.74, 6) is -0.185. The van der Waals surface area contributed by atoms with Crippen LogP contribution in [0.4, 0.5) is 10.1 Å². The Bertz CT molecular complexity index is 696. The SMILES string of the molecule is CCS(=O)(=O)c1ccccc1NCCc1ccc(F)cc1. The van der Waals surface area contributed by atoms with E-state index in [0.29, 0.717) is 23.5 Å². The predicted molar refractivity (Wildman–Crippen MR) is 82.8 cm³/mol. The summed E-state index contributed by atoms with van der Waals surface area (Å²) < 4.78 is 36.8. The standard InChI is InChI=1S/C16H18FNO2S/c1-2-21(19,20)16-6-4-3-5-15(16)18-12-11-13-7-9-14(17)10-8-13/h3-10,18H,2,11-12H2,1H3. The van der Waals surface area contributed by atoms with Crippen LogP contribution in [0.3, 0.4) is 0 Å². The van der Waals surface area contributed by atoms with Gasteiger partial charge in [-0.25, -0.2) is 12.8 Å². The van der Waals surface area contributed by atoms with Gasteiger partial charge in [-0.05, 0) is 36.2 Å². The monoisotopic (exact) mass is 307 g/mol. The summed E-state index contributed by atoms with van der Waals surface area (Å²) in [6.45, 7) is 2.21. The van der Waals surface area contributed by atoms with Crippen LogP contribution in [0.15, 0.2) is 53.4 Å². The van der Waals surface area contributed by atoms with Gasteiger partial charge in [0.2, 0.25) is 0 Å². The topological polar surface area (TPSA) is 46.2 Å². The molecule has 0 atom stereocenters. The van der Waals surface area contributed by atoms with Crippen LogP contribution in [0.25, 0.3) is 0 Å². The minimum Gasteiger partial charge on any atom is -0.384 e. The lowest BCUT2D eigenvalue weighted by atomic mass is 10.1. The second kappa shape index (κ2) is 6.72. The van der Waals surface area contributed by atoms with Gasteiger partial charge in [0.05, 0.1) is 16.3 Å². The van der Waals surface area contributed by atoms with Crippen molar-refractivity contribution in [2.24, 2.45) is 0 Å². The van der Waals surface area contributed by atoms with Crippen LogP contribution in [0.5, 0.6) is 0 Å². The van der Waals surface area contributed by atoms with Gasteiger partial charge in [-0.1, -0.05) is 31.2 Å². The molecule has 0 aliphatic rings. The lowest BCUT2D eigenvalue weighted by Gasteiger charge is -2.11. The first-order valence-electron chi connectivity index (χ1n) is 6.83. The molecule has 3 nitrogen and oxygen atoms in total. The van der Waals surface area contributed by atoms with Gasteiger partial charge >= 0.3 is 0 Å².